The number of allylic oxidation sites excluding steroid dienone is 9. The van der Waals surface area contributed by atoms with Crippen molar-refractivity contribution in [2.75, 3.05) is 58.2 Å². The van der Waals surface area contributed by atoms with Crippen LogP contribution in [0.4, 0.5) is 5.82 Å². The van der Waals surface area contributed by atoms with Gasteiger partial charge in [-0.05, 0) is 97.3 Å². The van der Waals surface area contributed by atoms with E-state index in [4.69, 9.17) is 9.97 Å². The second-order valence-corrected chi connectivity index (χ2v) is 16.9. The van der Waals surface area contributed by atoms with Crippen molar-refractivity contribution in [2.24, 2.45) is 0 Å². The fourth-order valence-electron chi connectivity index (χ4n) is 8.57. The fraction of sp³-hybridized carbons (Fsp3) is 0.286. The van der Waals surface area contributed by atoms with Crippen LogP contribution in [0, 0.1) is 23.7 Å². The molecule has 0 spiro atoms. The normalized spacial score (nSPS) is 18.4. The number of nitrogens with one attached hydrogen (secondary N) is 2. The highest BCUT2D eigenvalue weighted by atomic mass is 16.2. The van der Waals surface area contributed by atoms with Crippen LogP contribution in [0.5, 0.6) is 0 Å². The molecule has 1 unspecified atom stereocenters. The highest BCUT2D eigenvalue weighted by Crippen LogP contribution is 2.29. The Morgan fingerprint density at radius 3 is 2.37 bits per heavy atom. The molecule has 0 radical (unpaired) electrons. The first-order valence-corrected chi connectivity index (χ1v) is 22.8. The zero-order chi connectivity index (χ0) is 45.0. The average Bonchev–Trinajstić information content (AvgIpc) is 3.34. The third kappa shape index (κ3) is 11.8. The van der Waals surface area contributed by atoms with Crippen molar-refractivity contribution in [1.29, 1.82) is 0 Å². The third-order valence-electron chi connectivity index (χ3n) is 12.4. The van der Waals surface area contributed by atoms with E-state index >= 15 is 0 Å². The number of piperazine rings is 1. The maximum absolute atomic E-state index is 13.7. The summed E-state index contributed by atoms with van der Waals surface area (Å²) in [5, 5.41) is 6.16. The van der Waals surface area contributed by atoms with Crippen molar-refractivity contribution < 1.29 is 9.59 Å². The highest BCUT2D eigenvalue weighted by molar-refractivity contribution is 5.94. The smallest absolute Gasteiger partial charge is 0.254 e. The van der Waals surface area contributed by atoms with Gasteiger partial charge in [0.1, 0.15) is 5.82 Å². The lowest BCUT2D eigenvalue weighted by Crippen LogP contribution is -2.46. The number of anilines is 1. The molecular formula is C56H57N7O2. The minimum absolute atomic E-state index is 0.000719. The van der Waals surface area contributed by atoms with Gasteiger partial charge in [0.15, 0.2) is 5.82 Å². The molecule has 1 aliphatic carbocycles. The van der Waals surface area contributed by atoms with Gasteiger partial charge in [0.05, 0.1) is 24.7 Å². The summed E-state index contributed by atoms with van der Waals surface area (Å²) in [5.41, 5.74) is 10.7. The van der Waals surface area contributed by atoms with Gasteiger partial charge in [-0.1, -0.05) is 109 Å². The van der Waals surface area contributed by atoms with Crippen LogP contribution in [0.25, 0.3) is 17.7 Å². The molecule has 4 aliphatic rings. The second-order valence-electron chi connectivity index (χ2n) is 16.9. The topological polar surface area (TPSA) is 93.7 Å². The van der Waals surface area contributed by atoms with E-state index in [1.165, 1.54) is 5.57 Å². The van der Waals surface area contributed by atoms with Crippen LogP contribution in [0.15, 0.2) is 127 Å². The Hall–Kier alpha value is -7.04. The number of hydrogen-bond donors (Lipinski definition) is 2. The summed E-state index contributed by atoms with van der Waals surface area (Å²) in [5.74, 6) is 14.8. The van der Waals surface area contributed by atoms with Crippen LogP contribution in [0.2, 0.25) is 0 Å². The van der Waals surface area contributed by atoms with Crippen molar-refractivity contribution in [3.63, 3.8) is 0 Å². The van der Waals surface area contributed by atoms with Gasteiger partial charge in [-0.25, -0.2) is 9.97 Å². The summed E-state index contributed by atoms with van der Waals surface area (Å²) in [6.07, 6.45) is 20.7. The summed E-state index contributed by atoms with van der Waals surface area (Å²) < 4.78 is 0. The molecule has 1 atom stereocenters. The monoisotopic (exact) mass is 859 g/mol. The quantitative estimate of drug-likeness (QED) is 0.122. The molecule has 9 heteroatoms. The van der Waals surface area contributed by atoms with Crippen molar-refractivity contribution >= 4 is 35.4 Å². The van der Waals surface area contributed by atoms with Crippen LogP contribution in [0.3, 0.4) is 0 Å². The van der Waals surface area contributed by atoms with E-state index in [2.05, 4.69) is 117 Å². The first-order chi connectivity index (χ1) is 31.8. The Morgan fingerprint density at radius 2 is 1.65 bits per heavy atom. The Morgan fingerprint density at radius 1 is 0.892 bits per heavy atom. The number of rotatable bonds is 10. The Kier molecular flexibility index (Phi) is 14.8. The van der Waals surface area contributed by atoms with E-state index in [1.54, 1.807) is 0 Å². The van der Waals surface area contributed by atoms with Gasteiger partial charge >= 0.3 is 0 Å². The number of carbonyl (C=O) groups excluding carboxylic acids is 2. The fourth-order valence-corrected chi connectivity index (χ4v) is 8.57. The predicted molar refractivity (Wildman–Crippen MR) is 263 cm³/mol. The minimum atomic E-state index is -0.135. The summed E-state index contributed by atoms with van der Waals surface area (Å²) in [6.45, 7) is 12.6. The molecule has 2 amide bonds. The molecule has 65 heavy (non-hydrogen) atoms. The number of piperidine rings is 1. The molecule has 0 bridgehead atoms. The lowest BCUT2D eigenvalue weighted by molar-refractivity contribution is -0.122. The molecular weight excluding hydrogens is 803 g/mol. The summed E-state index contributed by atoms with van der Waals surface area (Å²) in [6, 6.07) is 24.2. The molecule has 3 aliphatic heterocycles. The van der Waals surface area contributed by atoms with E-state index in [0.29, 0.717) is 30.9 Å². The van der Waals surface area contributed by atoms with Gasteiger partial charge in [-0.2, -0.15) is 0 Å². The molecule has 4 aromatic rings. The standard InChI is InChI=1S/C56H57N7O2/c1-4-47(38-45-12-6-5-7-13-45)53-59-52-40-63(33-30-51(52)54(57-3)60-53)56(65)48-27-25-44(26-28-48)24-23-43-21-19-42(20-22-43)16-11-32-62-36-34-61(35-37-62)31-9-8-14-46-15-10-17-49(39-46)50-29-18-41(2)58-55(50)64/h4-7,10,12,15,17,19-28,38-39,50H,2,9,13,18,29-37,40H2,1,3H3,(H,58,64)(H,57,59,60)/b24-23+,45-38-,47-4+. The van der Waals surface area contributed by atoms with Gasteiger partial charge in [0.2, 0.25) is 5.91 Å². The van der Waals surface area contributed by atoms with Gasteiger partial charge in [0, 0.05) is 86.3 Å². The first kappa shape index (κ1) is 44.6. The van der Waals surface area contributed by atoms with Gasteiger partial charge < -0.3 is 15.5 Å². The molecule has 2 fully saturated rings. The second kappa shape index (κ2) is 21.6. The van der Waals surface area contributed by atoms with Gasteiger partial charge in [-0.3, -0.25) is 19.4 Å². The van der Waals surface area contributed by atoms with Crippen LogP contribution in [-0.2, 0) is 17.8 Å². The predicted octanol–water partition coefficient (Wildman–Crippen LogP) is 8.65. The Labute approximate surface area is 384 Å². The number of aromatic nitrogens is 2. The highest BCUT2D eigenvalue weighted by Gasteiger charge is 2.27. The summed E-state index contributed by atoms with van der Waals surface area (Å²) in [4.78, 5) is 42.8. The van der Waals surface area contributed by atoms with Crippen LogP contribution >= 0.6 is 0 Å². The van der Waals surface area contributed by atoms with Crippen molar-refractivity contribution in [3.05, 3.63) is 178 Å². The molecule has 2 saturated heterocycles. The summed E-state index contributed by atoms with van der Waals surface area (Å²) >= 11 is 0. The zero-order valence-electron chi connectivity index (χ0n) is 37.6. The van der Waals surface area contributed by atoms with Crippen molar-refractivity contribution in [3.8, 4) is 23.7 Å². The average molecular weight is 860 g/mol. The number of nitrogens with zero attached hydrogens (tertiary/aromatic N) is 5. The van der Waals surface area contributed by atoms with E-state index in [0.717, 1.165) is 121 Å². The molecule has 4 heterocycles. The number of amides is 2. The third-order valence-corrected chi connectivity index (χ3v) is 12.4. The maximum Gasteiger partial charge on any atom is 0.254 e. The van der Waals surface area contributed by atoms with Crippen LogP contribution < -0.4 is 10.6 Å². The molecule has 8 rings (SSSR count). The van der Waals surface area contributed by atoms with E-state index in [-0.39, 0.29) is 17.7 Å². The Bertz CT molecular complexity index is 2690. The van der Waals surface area contributed by atoms with E-state index in [1.807, 2.05) is 73.5 Å². The molecule has 1 aromatic heterocycles. The van der Waals surface area contributed by atoms with Gasteiger partial charge in [-0.15, -0.1) is 0 Å². The number of carbonyl (C=O) groups is 2. The first-order valence-electron chi connectivity index (χ1n) is 22.8. The molecule has 9 nitrogen and oxygen atoms in total. The molecule has 0 saturated carbocycles. The largest absolute Gasteiger partial charge is 0.373 e. The molecule has 2 N–H and O–H groups in total. The van der Waals surface area contributed by atoms with E-state index < -0.39 is 0 Å². The lowest BCUT2D eigenvalue weighted by Gasteiger charge is -2.33. The van der Waals surface area contributed by atoms with Crippen molar-refractivity contribution in [1.82, 2.24) is 30.0 Å². The minimum Gasteiger partial charge on any atom is -0.373 e. The SMILES string of the molecule is C=C1CCC(c2cccc(C#CCCN3CCN(CC#Cc4ccc(/C=C/c5ccc(C(=O)N6CCc7c(nc(C(/C=C8/C=CC=CC8)=C/C)nc7NC)C6)cc5)cc4)CC3)c2)C(=O)N1. The Balaban J connectivity index is 0.772. The molecule has 3 aromatic carbocycles. The lowest BCUT2D eigenvalue weighted by atomic mass is 9.89. The van der Waals surface area contributed by atoms with Crippen LogP contribution in [0.1, 0.15) is 93.8 Å². The number of fused-ring (bicyclic) bond motifs is 1. The molecule has 328 valence electrons. The van der Waals surface area contributed by atoms with Crippen LogP contribution in [-0.4, -0.2) is 89.3 Å². The van der Waals surface area contributed by atoms with Crippen molar-refractivity contribution in [2.45, 2.75) is 51.5 Å². The van der Waals surface area contributed by atoms with E-state index in [9.17, 15) is 9.59 Å². The number of hydrogen-bond acceptors (Lipinski definition) is 7. The maximum atomic E-state index is 13.7. The summed E-state index contributed by atoms with van der Waals surface area (Å²) in [7, 11) is 1.89. The zero-order valence-corrected chi connectivity index (χ0v) is 37.6. The number of benzene rings is 3. The van der Waals surface area contributed by atoms with Gasteiger partial charge in [0.25, 0.3) is 5.91 Å².